The molecule has 3 heterocycles. The average molecular weight is 319 g/mol. The van der Waals surface area contributed by atoms with Crippen molar-refractivity contribution >= 4 is 22.7 Å². The van der Waals surface area contributed by atoms with Gasteiger partial charge in [0.15, 0.2) is 0 Å². The van der Waals surface area contributed by atoms with E-state index in [1.807, 2.05) is 12.3 Å². The molecule has 0 bridgehead atoms. The SMILES string of the molecule is N#Cc1cnc2c(ccn2-c2cc(NC3CC3)c(C(=O)O)cn2)c1. The second-order valence-corrected chi connectivity index (χ2v) is 5.75. The van der Waals surface area contributed by atoms with Crippen LogP contribution in [0.3, 0.4) is 0 Å². The summed E-state index contributed by atoms with van der Waals surface area (Å²) in [6.07, 6.45) is 6.76. The highest BCUT2D eigenvalue weighted by molar-refractivity contribution is 5.94. The molecule has 0 saturated heterocycles. The van der Waals surface area contributed by atoms with Crippen molar-refractivity contribution in [1.82, 2.24) is 14.5 Å². The predicted molar refractivity (Wildman–Crippen MR) is 87.2 cm³/mol. The van der Waals surface area contributed by atoms with Gasteiger partial charge in [-0.3, -0.25) is 4.57 Å². The zero-order valence-electron chi connectivity index (χ0n) is 12.6. The molecule has 0 amide bonds. The minimum absolute atomic E-state index is 0.154. The Morgan fingerprint density at radius 2 is 2.17 bits per heavy atom. The smallest absolute Gasteiger partial charge is 0.339 e. The standard InChI is InChI=1S/C17H13N5O2/c18-7-10-5-11-3-4-22(16(11)20-8-10)15-6-14(21-12-1-2-12)13(9-19-15)17(23)24/h3-6,8-9,12H,1-2H2,(H,19,21)(H,23,24). The Bertz CT molecular complexity index is 998. The minimum atomic E-state index is -1.01. The third-order valence-corrected chi connectivity index (χ3v) is 3.96. The predicted octanol–water partition coefficient (Wildman–Crippen LogP) is 2.56. The zero-order chi connectivity index (χ0) is 16.7. The van der Waals surface area contributed by atoms with E-state index < -0.39 is 5.97 Å². The number of pyridine rings is 2. The number of aromatic nitrogens is 3. The Morgan fingerprint density at radius 1 is 1.33 bits per heavy atom. The highest BCUT2D eigenvalue weighted by atomic mass is 16.4. The molecule has 1 aliphatic carbocycles. The number of hydrogen-bond acceptors (Lipinski definition) is 5. The molecule has 0 aromatic carbocycles. The van der Waals surface area contributed by atoms with E-state index in [1.165, 1.54) is 12.4 Å². The number of nitrogens with zero attached hydrogens (tertiary/aromatic N) is 4. The van der Waals surface area contributed by atoms with E-state index in [4.69, 9.17) is 5.26 Å². The van der Waals surface area contributed by atoms with Gasteiger partial charge in [0.2, 0.25) is 0 Å². The van der Waals surface area contributed by atoms with Gasteiger partial charge in [0.1, 0.15) is 23.1 Å². The molecule has 0 spiro atoms. The summed E-state index contributed by atoms with van der Waals surface area (Å²) in [5.74, 6) is -0.429. The Hall–Kier alpha value is -3.40. The first-order chi connectivity index (χ1) is 11.7. The lowest BCUT2D eigenvalue weighted by Gasteiger charge is -2.11. The lowest BCUT2D eigenvalue weighted by molar-refractivity contribution is 0.0697. The summed E-state index contributed by atoms with van der Waals surface area (Å²) >= 11 is 0. The van der Waals surface area contributed by atoms with Crippen LogP contribution in [0.2, 0.25) is 0 Å². The molecule has 4 rings (SSSR count). The van der Waals surface area contributed by atoms with Gasteiger partial charge >= 0.3 is 5.97 Å². The summed E-state index contributed by atoms with van der Waals surface area (Å²) < 4.78 is 1.78. The van der Waals surface area contributed by atoms with E-state index in [1.54, 1.807) is 16.7 Å². The molecule has 7 nitrogen and oxygen atoms in total. The number of carboxylic acids is 1. The first-order valence-corrected chi connectivity index (χ1v) is 7.53. The third kappa shape index (κ3) is 2.44. The van der Waals surface area contributed by atoms with Crippen molar-refractivity contribution in [2.75, 3.05) is 5.32 Å². The molecule has 0 unspecified atom stereocenters. The van der Waals surface area contributed by atoms with Crippen LogP contribution in [0.5, 0.6) is 0 Å². The summed E-state index contributed by atoms with van der Waals surface area (Å²) in [5.41, 5.74) is 1.87. The number of hydrogen-bond donors (Lipinski definition) is 2. The maximum absolute atomic E-state index is 11.4. The summed E-state index contributed by atoms with van der Waals surface area (Å²) in [4.78, 5) is 19.9. The van der Waals surface area contributed by atoms with Crippen molar-refractivity contribution in [3.05, 3.63) is 47.9 Å². The molecular weight excluding hydrogens is 306 g/mol. The van der Waals surface area contributed by atoms with Crippen LogP contribution in [-0.4, -0.2) is 31.7 Å². The molecule has 3 aromatic rings. The number of nitriles is 1. The van der Waals surface area contributed by atoms with Gasteiger partial charge in [-0.25, -0.2) is 14.8 Å². The maximum atomic E-state index is 11.4. The highest BCUT2D eigenvalue weighted by Crippen LogP contribution is 2.28. The van der Waals surface area contributed by atoms with Crippen molar-refractivity contribution in [2.45, 2.75) is 18.9 Å². The van der Waals surface area contributed by atoms with Gasteiger partial charge in [-0.2, -0.15) is 5.26 Å². The Kier molecular flexibility index (Phi) is 3.17. The van der Waals surface area contributed by atoms with Gasteiger partial charge < -0.3 is 10.4 Å². The van der Waals surface area contributed by atoms with Gasteiger partial charge in [0.05, 0.1) is 11.3 Å². The van der Waals surface area contributed by atoms with Crippen LogP contribution >= 0.6 is 0 Å². The first kappa shape index (κ1) is 14.2. The summed E-state index contributed by atoms with van der Waals surface area (Å²) in [7, 11) is 0. The molecule has 118 valence electrons. The maximum Gasteiger partial charge on any atom is 0.339 e. The topological polar surface area (TPSA) is 104 Å². The molecule has 7 heteroatoms. The monoisotopic (exact) mass is 319 g/mol. The number of carbonyl (C=O) groups is 1. The van der Waals surface area contributed by atoms with Crippen molar-refractivity contribution < 1.29 is 9.90 Å². The Labute approximate surface area is 137 Å². The van der Waals surface area contributed by atoms with E-state index >= 15 is 0 Å². The second kappa shape index (κ2) is 5.35. The summed E-state index contributed by atoms with van der Waals surface area (Å²) in [5, 5.41) is 22.3. The molecular formula is C17H13N5O2. The van der Waals surface area contributed by atoms with Crippen LogP contribution in [0.25, 0.3) is 16.9 Å². The van der Waals surface area contributed by atoms with E-state index in [0.29, 0.717) is 28.8 Å². The van der Waals surface area contributed by atoms with E-state index in [0.717, 1.165) is 18.2 Å². The van der Waals surface area contributed by atoms with Crippen LogP contribution in [0.1, 0.15) is 28.8 Å². The number of carboxylic acid groups (broad SMARTS) is 1. The average Bonchev–Trinajstić information content (AvgIpc) is 3.30. The molecule has 0 aliphatic heterocycles. The molecule has 0 atom stereocenters. The molecule has 3 aromatic heterocycles. The van der Waals surface area contributed by atoms with Crippen LogP contribution in [-0.2, 0) is 0 Å². The lowest BCUT2D eigenvalue weighted by Crippen LogP contribution is -2.10. The van der Waals surface area contributed by atoms with Crippen molar-refractivity contribution in [2.24, 2.45) is 0 Å². The lowest BCUT2D eigenvalue weighted by atomic mass is 10.2. The number of aromatic carboxylic acids is 1. The fourth-order valence-electron chi connectivity index (χ4n) is 2.58. The van der Waals surface area contributed by atoms with Crippen molar-refractivity contribution in [3.8, 4) is 11.9 Å². The van der Waals surface area contributed by atoms with Crippen LogP contribution < -0.4 is 5.32 Å². The first-order valence-electron chi connectivity index (χ1n) is 7.53. The van der Waals surface area contributed by atoms with Crippen LogP contribution in [0.15, 0.2) is 36.8 Å². The molecule has 1 fully saturated rings. The summed E-state index contributed by atoms with van der Waals surface area (Å²) in [6, 6.07) is 7.72. The number of rotatable bonds is 4. The molecule has 1 aliphatic rings. The van der Waals surface area contributed by atoms with Gasteiger partial charge in [-0.05, 0) is 25.0 Å². The second-order valence-electron chi connectivity index (χ2n) is 5.75. The van der Waals surface area contributed by atoms with Crippen molar-refractivity contribution in [1.29, 1.82) is 5.26 Å². The Balaban J connectivity index is 1.81. The van der Waals surface area contributed by atoms with Crippen LogP contribution in [0.4, 0.5) is 5.69 Å². The molecule has 24 heavy (non-hydrogen) atoms. The van der Waals surface area contributed by atoms with E-state index in [9.17, 15) is 9.90 Å². The normalized spacial score (nSPS) is 13.6. The van der Waals surface area contributed by atoms with Gasteiger partial charge in [-0.15, -0.1) is 0 Å². The fourth-order valence-corrected chi connectivity index (χ4v) is 2.58. The molecule has 1 saturated carbocycles. The third-order valence-electron chi connectivity index (χ3n) is 3.96. The van der Waals surface area contributed by atoms with Gasteiger partial charge in [0, 0.05) is 36.1 Å². The zero-order valence-corrected chi connectivity index (χ0v) is 12.6. The molecule has 0 radical (unpaired) electrons. The highest BCUT2D eigenvalue weighted by Gasteiger charge is 2.24. The van der Waals surface area contributed by atoms with E-state index in [-0.39, 0.29) is 5.56 Å². The van der Waals surface area contributed by atoms with Gasteiger partial charge in [-0.1, -0.05) is 0 Å². The van der Waals surface area contributed by atoms with E-state index in [2.05, 4.69) is 21.4 Å². The number of anilines is 1. The van der Waals surface area contributed by atoms with Gasteiger partial charge in [0.25, 0.3) is 0 Å². The minimum Gasteiger partial charge on any atom is -0.478 e. The Morgan fingerprint density at radius 3 is 2.88 bits per heavy atom. The largest absolute Gasteiger partial charge is 0.478 e. The summed E-state index contributed by atoms with van der Waals surface area (Å²) in [6.45, 7) is 0. The fraction of sp³-hybridized carbons (Fsp3) is 0.176. The van der Waals surface area contributed by atoms with Crippen molar-refractivity contribution in [3.63, 3.8) is 0 Å². The van der Waals surface area contributed by atoms with Crippen LogP contribution in [0, 0.1) is 11.3 Å². The number of nitrogens with one attached hydrogen (secondary N) is 1. The molecule has 2 N–H and O–H groups in total. The number of fused-ring (bicyclic) bond motifs is 1. The quantitative estimate of drug-likeness (QED) is 0.766.